The molecule has 3 N–H and O–H groups in total. The summed E-state index contributed by atoms with van der Waals surface area (Å²) in [7, 11) is 1.51. The van der Waals surface area contributed by atoms with Crippen LogP contribution in [0.15, 0.2) is 18.5 Å². The lowest BCUT2D eigenvalue weighted by atomic mass is 10.2. The largest absolute Gasteiger partial charge is 0.479 e. The molecule has 1 aliphatic carbocycles. The van der Waals surface area contributed by atoms with Crippen LogP contribution in [0.1, 0.15) is 12.5 Å². The minimum Gasteiger partial charge on any atom is -0.479 e. The van der Waals surface area contributed by atoms with Crippen molar-refractivity contribution in [1.82, 2.24) is 19.5 Å². The summed E-state index contributed by atoms with van der Waals surface area (Å²) < 4.78 is 6.99. The van der Waals surface area contributed by atoms with Gasteiger partial charge < -0.3 is 20.1 Å². The second-order valence-corrected chi connectivity index (χ2v) is 4.17. The first kappa shape index (κ1) is 11.0. The van der Waals surface area contributed by atoms with E-state index in [2.05, 4.69) is 15.0 Å². The monoisotopic (exact) mass is 247 g/mol. The Morgan fingerprint density at radius 1 is 1.44 bits per heavy atom. The molecule has 3 rings (SSSR count). The van der Waals surface area contributed by atoms with Crippen LogP contribution >= 0.6 is 0 Å². The quantitative estimate of drug-likeness (QED) is 0.739. The summed E-state index contributed by atoms with van der Waals surface area (Å²) >= 11 is 0. The maximum atomic E-state index is 9.52. The zero-order valence-electron chi connectivity index (χ0n) is 9.82. The molecule has 0 aromatic carbocycles. The number of nitrogens with zero attached hydrogens (tertiary/aromatic N) is 4. The van der Waals surface area contributed by atoms with Crippen molar-refractivity contribution in [3.05, 3.63) is 18.5 Å². The molecule has 0 spiro atoms. The molecule has 7 nitrogen and oxygen atoms in total. The van der Waals surface area contributed by atoms with Crippen molar-refractivity contribution in [2.45, 2.75) is 18.6 Å². The number of anilines is 1. The van der Waals surface area contributed by atoms with Crippen LogP contribution in [0.5, 0.6) is 5.88 Å². The van der Waals surface area contributed by atoms with E-state index in [0.29, 0.717) is 23.5 Å². The van der Waals surface area contributed by atoms with Gasteiger partial charge in [0.2, 0.25) is 11.8 Å². The first-order chi connectivity index (χ1) is 8.69. The van der Waals surface area contributed by atoms with Crippen molar-refractivity contribution >= 4 is 17.1 Å². The number of nitrogen functional groups attached to an aromatic ring is 1. The fourth-order valence-electron chi connectivity index (χ4n) is 2.16. The minimum atomic E-state index is -0.423. The SMILES string of the molecule is COc1nc(N)nc2c1ncn2C1C=CC(O)C1. The predicted molar refractivity (Wildman–Crippen MR) is 65.1 cm³/mol. The lowest BCUT2D eigenvalue weighted by Gasteiger charge is -2.11. The Morgan fingerprint density at radius 2 is 2.28 bits per heavy atom. The Bertz CT molecular complexity index is 621. The van der Waals surface area contributed by atoms with Crippen LogP contribution in [-0.2, 0) is 0 Å². The minimum absolute atomic E-state index is 0.0315. The van der Waals surface area contributed by atoms with Crippen LogP contribution in [0, 0.1) is 0 Å². The second kappa shape index (κ2) is 3.95. The zero-order chi connectivity index (χ0) is 12.7. The first-order valence-electron chi connectivity index (χ1n) is 5.59. The summed E-state index contributed by atoms with van der Waals surface area (Å²) in [5.74, 6) is 0.502. The fraction of sp³-hybridized carbons (Fsp3) is 0.364. The average molecular weight is 247 g/mol. The maximum absolute atomic E-state index is 9.52. The standard InChI is InChI=1S/C11H13N5O2/c1-18-10-8-9(14-11(12)15-10)16(5-13-8)6-2-3-7(17)4-6/h2-3,5-7,17H,4H2,1H3,(H2,12,14,15). The van der Waals surface area contributed by atoms with Crippen LogP contribution < -0.4 is 10.5 Å². The normalized spacial score (nSPS) is 22.8. The van der Waals surface area contributed by atoms with Gasteiger partial charge in [0.05, 0.1) is 25.6 Å². The number of hydrogen-bond donors (Lipinski definition) is 2. The first-order valence-corrected chi connectivity index (χ1v) is 5.59. The van der Waals surface area contributed by atoms with Crippen molar-refractivity contribution in [3.8, 4) is 5.88 Å². The second-order valence-electron chi connectivity index (χ2n) is 4.17. The molecule has 94 valence electrons. The number of rotatable bonds is 2. The number of methoxy groups -OCH3 is 1. The Kier molecular flexibility index (Phi) is 2.41. The van der Waals surface area contributed by atoms with Gasteiger partial charge in [-0.15, -0.1) is 0 Å². The Labute approximate surface area is 103 Å². The number of aliphatic hydroxyl groups is 1. The van der Waals surface area contributed by atoms with Gasteiger partial charge in [0.25, 0.3) is 0 Å². The van der Waals surface area contributed by atoms with E-state index < -0.39 is 6.10 Å². The summed E-state index contributed by atoms with van der Waals surface area (Å²) in [5, 5.41) is 9.52. The average Bonchev–Trinajstić information content (AvgIpc) is 2.93. The lowest BCUT2D eigenvalue weighted by molar-refractivity contribution is 0.211. The molecule has 0 fully saturated rings. The molecule has 0 aliphatic heterocycles. The van der Waals surface area contributed by atoms with E-state index in [4.69, 9.17) is 10.5 Å². The van der Waals surface area contributed by atoms with Crippen LogP contribution in [0.2, 0.25) is 0 Å². The topological polar surface area (TPSA) is 99.1 Å². The van der Waals surface area contributed by atoms with Gasteiger partial charge in [-0.1, -0.05) is 12.2 Å². The van der Waals surface area contributed by atoms with Gasteiger partial charge in [0, 0.05) is 6.42 Å². The smallest absolute Gasteiger partial charge is 0.246 e. The summed E-state index contributed by atoms with van der Waals surface area (Å²) in [4.78, 5) is 12.4. The van der Waals surface area contributed by atoms with Crippen molar-refractivity contribution in [2.75, 3.05) is 12.8 Å². The number of aliphatic hydroxyl groups excluding tert-OH is 1. The Morgan fingerprint density at radius 3 is 2.94 bits per heavy atom. The molecule has 1 aliphatic rings. The maximum Gasteiger partial charge on any atom is 0.246 e. The molecule has 0 amide bonds. The predicted octanol–water partition coefficient (Wildman–Crippen LogP) is 0.279. The van der Waals surface area contributed by atoms with Crippen molar-refractivity contribution in [3.63, 3.8) is 0 Å². The summed E-state index contributed by atoms with van der Waals surface area (Å²) in [6, 6.07) is 0.0315. The van der Waals surface area contributed by atoms with E-state index in [1.807, 2.05) is 10.6 Å². The molecule has 0 saturated heterocycles. The van der Waals surface area contributed by atoms with Gasteiger partial charge in [-0.3, -0.25) is 0 Å². The Hall–Kier alpha value is -2.15. The molecule has 0 saturated carbocycles. The molecule has 2 aromatic rings. The number of fused-ring (bicyclic) bond motifs is 1. The third-order valence-corrected chi connectivity index (χ3v) is 3.00. The molecule has 2 heterocycles. The molecule has 0 bridgehead atoms. The highest BCUT2D eigenvalue weighted by Gasteiger charge is 2.22. The fourth-order valence-corrected chi connectivity index (χ4v) is 2.16. The summed E-state index contributed by atoms with van der Waals surface area (Å²) in [5.41, 5.74) is 6.83. The number of nitrogens with two attached hydrogens (primary N) is 1. The van der Waals surface area contributed by atoms with Crippen LogP contribution in [0.4, 0.5) is 5.95 Å². The summed E-state index contributed by atoms with van der Waals surface area (Å²) in [6.07, 6.45) is 5.54. The third-order valence-electron chi connectivity index (χ3n) is 3.00. The number of aromatic nitrogens is 4. The van der Waals surface area contributed by atoms with E-state index in [1.54, 1.807) is 12.4 Å². The third kappa shape index (κ3) is 1.60. The molecular formula is C11H13N5O2. The van der Waals surface area contributed by atoms with Crippen LogP contribution in [-0.4, -0.2) is 37.8 Å². The van der Waals surface area contributed by atoms with E-state index >= 15 is 0 Å². The van der Waals surface area contributed by atoms with E-state index in [-0.39, 0.29) is 12.0 Å². The lowest BCUT2D eigenvalue weighted by Crippen LogP contribution is -2.08. The molecule has 18 heavy (non-hydrogen) atoms. The van der Waals surface area contributed by atoms with Crippen molar-refractivity contribution in [1.29, 1.82) is 0 Å². The number of hydrogen-bond acceptors (Lipinski definition) is 6. The van der Waals surface area contributed by atoms with Gasteiger partial charge in [0.15, 0.2) is 11.2 Å². The van der Waals surface area contributed by atoms with Crippen LogP contribution in [0.25, 0.3) is 11.2 Å². The molecule has 2 unspecified atom stereocenters. The van der Waals surface area contributed by atoms with E-state index in [9.17, 15) is 5.11 Å². The van der Waals surface area contributed by atoms with Gasteiger partial charge in [-0.05, 0) is 0 Å². The molecule has 7 heteroatoms. The molecule has 2 aromatic heterocycles. The highest BCUT2D eigenvalue weighted by molar-refractivity contribution is 5.77. The van der Waals surface area contributed by atoms with Gasteiger partial charge in [-0.25, -0.2) is 4.98 Å². The highest BCUT2D eigenvalue weighted by atomic mass is 16.5. The van der Waals surface area contributed by atoms with Crippen LogP contribution in [0.3, 0.4) is 0 Å². The molecular weight excluding hydrogens is 234 g/mol. The number of ether oxygens (including phenoxy) is 1. The molecule has 2 atom stereocenters. The number of allylic oxidation sites excluding steroid dienone is 1. The Balaban J connectivity index is 2.14. The zero-order valence-corrected chi connectivity index (χ0v) is 9.82. The van der Waals surface area contributed by atoms with Crippen molar-refractivity contribution < 1.29 is 9.84 Å². The van der Waals surface area contributed by atoms with Gasteiger partial charge >= 0.3 is 0 Å². The van der Waals surface area contributed by atoms with Gasteiger partial charge in [-0.2, -0.15) is 9.97 Å². The van der Waals surface area contributed by atoms with Crippen molar-refractivity contribution in [2.24, 2.45) is 0 Å². The molecule has 0 radical (unpaired) electrons. The number of imidazole rings is 1. The van der Waals surface area contributed by atoms with E-state index in [0.717, 1.165) is 0 Å². The van der Waals surface area contributed by atoms with E-state index in [1.165, 1.54) is 7.11 Å². The van der Waals surface area contributed by atoms with Gasteiger partial charge in [0.1, 0.15) is 0 Å². The summed E-state index contributed by atoms with van der Waals surface area (Å²) in [6.45, 7) is 0. The highest BCUT2D eigenvalue weighted by Crippen LogP contribution is 2.29.